The summed E-state index contributed by atoms with van der Waals surface area (Å²) in [7, 11) is -3.72. The van der Waals surface area contributed by atoms with Crippen molar-refractivity contribution in [1.29, 1.82) is 0 Å². The number of amides is 2. The first-order chi connectivity index (χ1) is 11.5. The first-order valence-electron chi connectivity index (χ1n) is 8.15. The van der Waals surface area contributed by atoms with E-state index in [0.717, 1.165) is 12.8 Å². The van der Waals surface area contributed by atoms with E-state index < -0.39 is 15.9 Å². The highest BCUT2D eigenvalue weighted by molar-refractivity contribution is 7.94. The molecule has 25 heavy (non-hydrogen) atoms. The fourth-order valence-electron chi connectivity index (χ4n) is 2.58. The Bertz CT molecular complexity index is 784. The maximum atomic E-state index is 12.3. The largest absolute Gasteiger partial charge is 0.352 e. The van der Waals surface area contributed by atoms with Crippen LogP contribution < -0.4 is 9.62 Å². The quantitative estimate of drug-likeness (QED) is 0.788. The molecule has 2 amide bonds. The first-order valence-corrected chi connectivity index (χ1v) is 10.1. The van der Waals surface area contributed by atoms with E-state index in [9.17, 15) is 18.0 Å². The minimum atomic E-state index is -3.72. The Morgan fingerprint density at radius 3 is 2.56 bits per heavy atom. The van der Waals surface area contributed by atoms with Gasteiger partial charge in [-0.2, -0.15) is 0 Å². The molecule has 8 heteroatoms. The van der Waals surface area contributed by atoms with Gasteiger partial charge >= 0.3 is 0 Å². The number of sulfonamides is 1. The highest BCUT2D eigenvalue weighted by Crippen LogP contribution is 2.32. The zero-order valence-electron chi connectivity index (χ0n) is 14.6. The predicted molar refractivity (Wildman–Crippen MR) is 98.4 cm³/mol. The maximum absolute atomic E-state index is 12.3. The number of rotatable bonds is 5. The van der Waals surface area contributed by atoms with E-state index in [1.165, 1.54) is 18.2 Å². The molecule has 1 aliphatic rings. The molecule has 1 aromatic carbocycles. The minimum Gasteiger partial charge on any atom is -0.352 e. The van der Waals surface area contributed by atoms with Gasteiger partial charge in [0.2, 0.25) is 15.9 Å². The second-order valence-corrected chi connectivity index (χ2v) is 9.65. The molecule has 0 radical (unpaired) electrons. The summed E-state index contributed by atoms with van der Waals surface area (Å²) in [5, 5.41) is 2.92. The second kappa shape index (κ2) is 7.33. The van der Waals surface area contributed by atoms with Crippen LogP contribution in [0.4, 0.5) is 5.69 Å². The number of nitrogens with zero attached hydrogens (tertiary/aromatic N) is 1. The Morgan fingerprint density at radius 2 is 2.00 bits per heavy atom. The van der Waals surface area contributed by atoms with Gasteiger partial charge in [-0.25, -0.2) is 12.7 Å². The van der Waals surface area contributed by atoms with Crippen molar-refractivity contribution >= 4 is 39.1 Å². The van der Waals surface area contributed by atoms with Crippen molar-refractivity contribution < 1.29 is 18.0 Å². The average Bonchev–Trinajstić information content (AvgIpc) is 2.77. The van der Waals surface area contributed by atoms with E-state index >= 15 is 0 Å². The summed E-state index contributed by atoms with van der Waals surface area (Å²) in [4.78, 5) is 24.2. The monoisotopic (exact) mass is 386 g/mol. The summed E-state index contributed by atoms with van der Waals surface area (Å²) >= 11 is 6.06. The number of carbonyl (C=O) groups excluding carboxylic acids is 2. The van der Waals surface area contributed by atoms with Crippen LogP contribution in [0.25, 0.3) is 0 Å². The average molecular weight is 387 g/mol. The van der Waals surface area contributed by atoms with Crippen LogP contribution in [0.1, 0.15) is 50.4 Å². The molecule has 1 heterocycles. The van der Waals surface area contributed by atoms with E-state index in [0.29, 0.717) is 10.8 Å². The van der Waals surface area contributed by atoms with Gasteiger partial charge in [-0.15, -0.1) is 0 Å². The van der Waals surface area contributed by atoms with Crippen LogP contribution in [0.3, 0.4) is 0 Å². The Morgan fingerprint density at radius 1 is 1.32 bits per heavy atom. The van der Waals surface area contributed by atoms with Crippen molar-refractivity contribution in [2.45, 2.75) is 40.0 Å². The Kier molecular flexibility index (Phi) is 5.79. The van der Waals surface area contributed by atoms with Crippen molar-refractivity contribution in [2.75, 3.05) is 16.6 Å². The van der Waals surface area contributed by atoms with Gasteiger partial charge in [-0.1, -0.05) is 32.4 Å². The van der Waals surface area contributed by atoms with Gasteiger partial charge in [0.25, 0.3) is 5.91 Å². The van der Waals surface area contributed by atoms with Crippen LogP contribution >= 0.6 is 11.6 Å². The van der Waals surface area contributed by atoms with Crippen LogP contribution in [0.2, 0.25) is 5.02 Å². The SMILES string of the molecule is CC(C)(C)CCCNC(=O)c1ccc(Cl)c(N2C(=O)CCS2(=O)=O)c1. The number of halogens is 1. The third-order valence-corrected chi connectivity index (χ3v) is 5.89. The number of hydrogen-bond donors (Lipinski definition) is 1. The lowest BCUT2D eigenvalue weighted by molar-refractivity contribution is -0.116. The van der Waals surface area contributed by atoms with Crippen LogP contribution in [0, 0.1) is 5.41 Å². The van der Waals surface area contributed by atoms with Gasteiger partial charge in [0.05, 0.1) is 16.5 Å². The molecule has 0 saturated carbocycles. The highest BCUT2D eigenvalue weighted by atomic mass is 35.5. The van der Waals surface area contributed by atoms with Crippen molar-refractivity contribution in [3.05, 3.63) is 28.8 Å². The standard InChI is InChI=1S/C17H23ClN2O4S/c1-17(2,3)8-4-9-19-16(22)12-5-6-13(18)14(11-12)20-15(21)7-10-25(20,23)24/h5-6,11H,4,7-10H2,1-3H3,(H,19,22). The number of benzene rings is 1. The van der Waals surface area contributed by atoms with Gasteiger partial charge in [-0.05, 0) is 36.5 Å². The molecule has 6 nitrogen and oxygen atoms in total. The predicted octanol–water partition coefficient (Wildman–Crippen LogP) is 2.96. The molecular weight excluding hydrogens is 364 g/mol. The summed E-state index contributed by atoms with van der Waals surface area (Å²) in [6.07, 6.45) is 1.73. The molecule has 1 aliphatic heterocycles. The molecule has 1 saturated heterocycles. The van der Waals surface area contributed by atoms with Crippen LogP contribution in [-0.2, 0) is 14.8 Å². The van der Waals surface area contributed by atoms with Crippen molar-refractivity contribution in [3.8, 4) is 0 Å². The molecule has 0 unspecified atom stereocenters. The van der Waals surface area contributed by atoms with Crippen LogP contribution in [-0.4, -0.2) is 32.5 Å². The molecule has 0 aromatic heterocycles. The summed E-state index contributed by atoms with van der Waals surface area (Å²) in [5.74, 6) is -1.11. The van der Waals surface area contributed by atoms with Crippen LogP contribution in [0.15, 0.2) is 18.2 Å². The molecule has 2 rings (SSSR count). The second-order valence-electron chi connectivity index (χ2n) is 7.31. The molecule has 1 N–H and O–H groups in total. The van der Waals surface area contributed by atoms with Gasteiger partial charge in [-0.3, -0.25) is 9.59 Å². The van der Waals surface area contributed by atoms with E-state index in [4.69, 9.17) is 11.6 Å². The van der Waals surface area contributed by atoms with Crippen molar-refractivity contribution in [2.24, 2.45) is 5.41 Å². The lowest BCUT2D eigenvalue weighted by Gasteiger charge is -2.18. The van der Waals surface area contributed by atoms with Crippen molar-refractivity contribution in [1.82, 2.24) is 5.32 Å². The molecule has 0 spiro atoms. The summed E-state index contributed by atoms with van der Waals surface area (Å²) in [6, 6.07) is 4.29. The number of hydrogen-bond acceptors (Lipinski definition) is 4. The van der Waals surface area contributed by atoms with E-state index in [-0.39, 0.29) is 39.8 Å². The molecular formula is C17H23ClN2O4S. The smallest absolute Gasteiger partial charge is 0.251 e. The zero-order valence-corrected chi connectivity index (χ0v) is 16.2. The van der Waals surface area contributed by atoms with Gasteiger partial charge in [0, 0.05) is 18.5 Å². The number of nitrogens with one attached hydrogen (secondary N) is 1. The van der Waals surface area contributed by atoms with Crippen LogP contribution in [0.5, 0.6) is 0 Å². The fraction of sp³-hybridized carbons (Fsp3) is 0.529. The number of carbonyl (C=O) groups is 2. The Balaban J connectivity index is 2.13. The topological polar surface area (TPSA) is 83.6 Å². The fourth-order valence-corrected chi connectivity index (χ4v) is 4.30. The third-order valence-electron chi connectivity index (χ3n) is 3.89. The molecule has 0 atom stereocenters. The van der Waals surface area contributed by atoms with E-state index in [1.807, 2.05) is 0 Å². The van der Waals surface area contributed by atoms with Gasteiger partial charge in [0.15, 0.2) is 0 Å². The maximum Gasteiger partial charge on any atom is 0.251 e. The lowest BCUT2D eigenvalue weighted by Crippen LogP contribution is -2.30. The molecule has 0 bridgehead atoms. The Labute approximate surface area is 153 Å². The molecule has 1 aromatic rings. The summed E-state index contributed by atoms with van der Waals surface area (Å²) in [6.45, 7) is 6.92. The number of anilines is 1. The summed E-state index contributed by atoms with van der Waals surface area (Å²) < 4.78 is 24.8. The summed E-state index contributed by atoms with van der Waals surface area (Å²) in [5.41, 5.74) is 0.499. The first kappa shape index (κ1) is 19.7. The Hall–Kier alpha value is -1.60. The molecule has 138 valence electrons. The molecule has 1 fully saturated rings. The lowest BCUT2D eigenvalue weighted by atomic mass is 9.91. The van der Waals surface area contributed by atoms with E-state index in [2.05, 4.69) is 26.1 Å². The van der Waals surface area contributed by atoms with E-state index in [1.54, 1.807) is 0 Å². The normalized spacial score (nSPS) is 17.0. The van der Waals surface area contributed by atoms with Gasteiger partial charge in [0.1, 0.15) is 0 Å². The zero-order chi connectivity index (χ0) is 18.8. The van der Waals surface area contributed by atoms with Gasteiger partial charge < -0.3 is 5.32 Å². The third kappa shape index (κ3) is 4.95. The highest BCUT2D eigenvalue weighted by Gasteiger charge is 2.37. The minimum absolute atomic E-state index is 0.0338. The van der Waals surface area contributed by atoms with Crippen molar-refractivity contribution in [3.63, 3.8) is 0 Å². The molecule has 0 aliphatic carbocycles.